The summed E-state index contributed by atoms with van der Waals surface area (Å²) < 4.78 is 26.1. The highest BCUT2D eigenvalue weighted by Gasteiger charge is 2.17. The Hall–Kier alpha value is -1.44. The lowest BCUT2D eigenvalue weighted by Crippen LogP contribution is -2.24. The van der Waals surface area contributed by atoms with Crippen LogP contribution < -0.4 is 4.72 Å². The van der Waals surface area contributed by atoms with Crippen molar-refractivity contribution in [2.24, 2.45) is 0 Å². The quantitative estimate of drug-likeness (QED) is 0.867. The van der Waals surface area contributed by atoms with Crippen LogP contribution in [-0.4, -0.2) is 23.4 Å². The average molecular weight is 273 g/mol. The first-order chi connectivity index (χ1) is 8.09. The van der Waals surface area contributed by atoms with Crippen LogP contribution in [0.4, 0.5) is 0 Å². The number of aromatic nitrogens is 3. The molecule has 0 aliphatic heterocycles. The topological polar surface area (TPSA) is 87.7 Å². The lowest BCUT2D eigenvalue weighted by molar-refractivity contribution is 0.579. The molecule has 0 spiro atoms. The van der Waals surface area contributed by atoms with Crippen LogP contribution >= 0.6 is 11.6 Å². The first kappa shape index (κ1) is 12.0. The van der Waals surface area contributed by atoms with Crippen molar-refractivity contribution in [2.75, 3.05) is 0 Å². The van der Waals surface area contributed by atoms with Gasteiger partial charge in [0.2, 0.25) is 10.0 Å². The van der Waals surface area contributed by atoms with E-state index < -0.39 is 10.0 Å². The summed E-state index contributed by atoms with van der Waals surface area (Å²) in [6, 6.07) is 1.42. The molecule has 0 atom stereocenters. The summed E-state index contributed by atoms with van der Waals surface area (Å²) in [5.74, 6) is 0.522. The lowest BCUT2D eigenvalue weighted by atomic mass is 10.5. The summed E-state index contributed by atoms with van der Waals surface area (Å²) in [6.45, 7) is 0.0700. The molecular weight excluding hydrogens is 264 g/mol. The number of nitrogens with zero attached hydrogens (tertiary/aromatic N) is 2. The first-order valence-corrected chi connectivity index (χ1v) is 6.53. The molecular formula is C9H9ClN4O2S. The van der Waals surface area contributed by atoms with E-state index >= 15 is 0 Å². The van der Waals surface area contributed by atoms with Crippen LogP contribution in [0.1, 0.15) is 5.82 Å². The van der Waals surface area contributed by atoms with E-state index in [0.717, 1.165) is 0 Å². The van der Waals surface area contributed by atoms with Crippen molar-refractivity contribution in [1.29, 1.82) is 0 Å². The third kappa shape index (κ3) is 2.82. The van der Waals surface area contributed by atoms with E-state index in [9.17, 15) is 8.42 Å². The predicted molar refractivity (Wildman–Crippen MR) is 61.9 cm³/mol. The highest BCUT2D eigenvalue weighted by Crippen LogP contribution is 2.18. The average Bonchev–Trinajstić information content (AvgIpc) is 2.80. The third-order valence-electron chi connectivity index (χ3n) is 2.01. The number of rotatable bonds is 4. The highest BCUT2D eigenvalue weighted by atomic mass is 35.5. The normalized spacial score (nSPS) is 11.6. The summed E-state index contributed by atoms with van der Waals surface area (Å²) in [4.78, 5) is 10.4. The number of hydrogen-bond donors (Lipinski definition) is 2. The van der Waals surface area contributed by atoms with Gasteiger partial charge in [0, 0.05) is 24.8 Å². The van der Waals surface area contributed by atoms with Gasteiger partial charge in [0.05, 0.1) is 11.6 Å². The molecule has 0 amide bonds. The number of halogens is 1. The van der Waals surface area contributed by atoms with Gasteiger partial charge in [-0.3, -0.25) is 4.98 Å². The van der Waals surface area contributed by atoms with Gasteiger partial charge >= 0.3 is 0 Å². The molecule has 0 aliphatic carbocycles. The zero-order valence-corrected chi connectivity index (χ0v) is 10.2. The van der Waals surface area contributed by atoms with Gasteiger partial charge in [-0.25, -0.2) is 18.1 Å². The maximum atomic E-state index is 11.9. The number of pyridine rings is 1. The Morgan fingerprint density at radius 2 is 2.24 bits per heavy atom. The Bertz CT molecular complexity index is 597. The number of hydrogen-bond acceptors (Lipinski definition) is 4. The maximum absolute atomic E-state index is 11.9. The van der Waals surface area contributed by atoms with Crippen molar-refractivity contribution >= 4 is 21.6 Å². The molecule has 0 aromatic carbocycles. The fraction of sp³-hybridized carbons (Fsp3) is 0.111. The minimum atomic E-state index is -3.67. The summed E-state index contributed by atoms with van der Waals surface area (Å²) in [5, 5.41) is 0.131. The highest BCUT2D eigenvalue weighted by molar-refractivity contribution is 7.89. The molecule has 2 N–H and O–H groups in total. The molecule has 0 unspecified atom stereocenters. The van der Waals surface area contributed by atoms with Crippen LogP contribution in [0.25, 0.3) is 0 Å². The van der Waals surface area contributed by atoms with Gasteiger partial charge in [0.1, 0.15) is 10.7 Å². The fourth-order valence-corrected chi connectivity index (χ4v) is 2.61. The van der Waals surface area contributed by atoms with Crippen molar-refractivity contribution in [1.82, 2.24) is 19.7 Å². The smallest absolute Gasteiger partial charge is 0.244 e. The van der Waals surface area contributed by atoms with Crippen LogP contribution in [0.15, 0.2) is 35.7 Å². The van der Waals surface area contributed by atoms with Crippen LogP contribution in [-0.2, 0) is 16.6 Å². The first-order valence-electron chi connectivity index (χ1n) is 4.67. The minimum absolute atomic E-state index is 0.0479. The summed E-state index contributed by atoms with van der Waals surface area (Å²) >= 11 is 5.79. The van der Waals surface area contributed by atoms with Gasteiger partial charge in [-0.1, -0.05) is 11.6 Å². The van der Waals surface area contributed by atoms with Crippen LogP contribution in [0.2, 0.25) is 5.02 Å². The largest absolute Gasteiger partial charge is 0.347 e. The second kappa shape index (κ2) is 4.82. The van der Waals surface area contributed by atoms with Gasteiger partial charge in [-0.2, -0.15) is 0 Å². The number of H-pyrrole nitrogens is 1. The Morgan fingerprint density at radius 1 is 1.41 bits per heavy atom. The van der Waals surface area contributed by atoms with E-state index in [0.29, 0.717) is 5.82 Å². The molecule has 0 bridgehead atoms. The number of aromatic amines is 1. The molecule has 17 heavy (non-hydrogen) atoms. The van der Waals surface area contributed by atoms with Gasteiger partial charge in [-0.05, 0) is 6.07 Å². The second-order valence-electron chi connectivity index (χ2n) is 3.17. The standard InChI is InChI=1S/C9H9ClN4O2S/c10-7-1-2-11-5-8(7)17(15,16)14-6-9-12-3-4-13-9/h1-5,14H,6H2,(H,12,13). The molecule has 0 saturated heterocycles. The SMILES string of the molecule is O=S(=O)(NCc1ncc[nH]1)c1cnccc1Cl. The molecule has 0 radical (unpaired) electrons. The van der Waals surface area contributed by atoms with Gasteiger partial charge < -0.3 is 4.98 Å². The van der Waals surface area contributed by atoms with Crippen molar-refractivity contribution in [3.8, 4) is 0 Å². The molecule has 2 aromatic heterocycles. The Balaban J connectivity index is 2.17. The Labute approximate surface area is 103 Å². The molecule has 0 fully saturated rings. The number of nitrogens with one attached hydrogen (secondary N) is 2. The Morgan fingerprint density at radius 3 is 2.88 bits per heavy atom. The Kier molecular flexibility index (Phi) is 3.41. The molecule has 6 nitrogen and oxygen atoms in total. The van der Waals surface area contributed by atoms with E-state index in [4.69, 9.17) is 11.6 Å². The van der Waals surface area contributed by atoms with E-state index in [1.165, 1.54) is 18.5 Å². The summed E-state index contributed by atoms with van der Waals surface area (Å²) in [6.07, 6.45) is 5.78. The van der Waals surface area contributed by atoms with E-state index in [1.807, 2.05) is 0 Å². The summed E-state index contributed by atoms with van der Waals surface area (Å²) in [7, 11) is -3.67. The van der Waals surface area contributed by atoms with E-state index in [-0.39, 0.29) is 16.5 Å². The lowest BCUT2D eigenvalue weighted by Gasteiger charge is -2.06. The van der Waals surface area contributed by atoms with E-state index in [1.54, 1.807) is 12.4 Å². The molecule has 90 valence electrons. The number of sulfonamides is 1. The van der Waals surface area contributed by atoms with Crippen molar-refractivity contribution in [2.45, 2.75) is 11.4 Å². The molecule has 2 rings (SSSR count). The van der Waals surface area contributed by atoms with Crippen molar-refractivity contribution < 1.29 is 8.42 Å². The van der Waals surface area contributed by atoms with Crippen molar-refractivity contribution in [3.05, 3.63) is 41.7 Å². The zero-order chi connectivity index (χ0) is 12.3. The molecule has 2 heterocycles. The maximum Gasteiger partial charge on any atom is 0.244 e. The monoisotopic (exact) mass is 272 g/mol. The van der Waals surface area contributed by atoms with Gasteiger partial charge in [0.15, 0.2) is 0 Å². The van der Waals surface area contributed by atoms with Crippen molar-refractivity contribution in [3.63, 3.8) is 0 Å². The predicted octanol–water partition coefficient (Wildman–Crippen LogP) is 0.937. The van der Waals surface area contributed by atoms with Gasteiger partial charge in [-0.15, -0.1) is 0 Å². The zero-order valence-electron chi connectivity index (χ0n) is 8.59. The molecule has 0 saturated carbocycles. The molecule has 2 aromatic rings. The van der Waals surface area contributed by atoms with Gasteiger partial charge in [0.25, 0.3) is 0 Å². The van der Waals surface area contributed by atoms with E-state index in [2.05, 4.69) is 19.7 Å². The summed E-state index contributed by atoms with van der Waals surface area (Å²) in [5.41, 5.74) is 0. The second-order valence-corrected chi connectivity index (χ2v) is 5.31. The molecule has 0 aliphatic rings. The third-order valence-corrected chi connectivity index (χ3v) is 3.88. The van der Waals surface area contributed by atoms with Crippen LogP contribution in [0.3, 0.4) is 0 Å². The fourth-order valence-electron chi connectivity index (χ4n) is 1.20. The van der Waals surface area contributed by atoms with Crippen LogP contribution in [0, 0.1) is 0 Å². The molecule has 8 heteroatoms. The minimum Gasteiger partial charge on any atom is -0.347 e. The van der Waals surface area contributed by atoms with Crippen LogP contribution in [0.5, 0.6) is 0 Å². The number of imidazole rings is 1.